The highest BCUT2D eigenvalue weighted by Crippen LogP contribution is 2.32. The smallest absolute Gasteiger partial charge is 0.338 e. The van der Waals surface area contributed by atoms with Crippen molar-refractivity contribution in [2.24, 2.45) is 5.92 Å². The third kappa shape index (κ3) is 3.98. The summed E-state index contributed by atoms with van der Waals surface area (Å²) >= 11 is 0. The Morgan fingerprint density at radius 3 is 2.92 bits per heavy atom. The fourth-order valence-electron chi connectivity index (χ4n) is 3.08. The predicted octanol–water partition coefficient (Wildman–Crippen LogP) is 2.88. The quantitative estimate of drug-likeness (QED) is 0.454. The van der Waals surface area contributed by atoms with Crippen LogP contribution >= 0.6 is 0 Å². The maximum Gasteiger partial charge on any atom is 0.338 e. The summed E-state index contributed by atoms with van der Waals surface area (Å²) in [6.45, 7) is 5.11. The third-order valence-electron chi connectivity index (χ3n) is 4.30. The van der Waals surface area contributed by atoms with Crippen LogP contribution in [0.1, 0.15) is 41.9 Å². The lowest BCUT2D eigenvalue weighted by atomic mass is 9.99. The second-order valence-electron chi connectivity index (χ2n) is 6.44. The number of esters is 1. The molecular formula is C17H20N4O5. The lowest BCUT2D eigenvalue weighted by Gasteiger charge is -2.32. The normalized spacial score (nSPS) is 17.2. The number of nitrogens with zero attached hydrogens (tertiary/aromatic N) is 4. The zero-order valence-corrected chi connectivity index (χ0v) is 14.7. The molecule has 1 saturated heterocycles. The second-order valence-corrected chi connectivity index (χ2v) is 6.44. The van der Waals surface area contributed by atoms with Crippen LogP contribution in [0.5, 0.6) is 0 Å². The van der Waals surface area contributed by atoms with E-state index in [9.17, 15) is 14.9 Å². The van der Waals surface area contributed by atoms with Gasteiger partial charge in [-0.15, -0.1) is 10.2 Å². The van der Waals surface area contributed by atoms with E-state index in [4.69, 9.17) is 9.15 Å². The number of nitro benzene ring substituents is 1. The van der Waals surface area contributed by atoms with Crippen molar-refractivity contribution in [3.05, 3.63) is 45.7 Å². The largest absolute Gasteiger partial charge is 0.452 e. The molecule has 2 aromatic rings. The van der Waals surface area contributed by atoms with E-state index >= 15 is 0 Å². The summed E-state index contributed by atoms with van der Waals surface area (Å²) in [7, 11) is 0. The Morgan fingerprint density at radius 2 is 2.27 bits per heavy atom. The van der Waals surface area contributed by atoms with Crippen molar-refractivity contribution in [1.29, 1.82) is 0 Å². The third-order valence-corrected chi connectivity index (χ3v) is 4.30. The zero-order valence-electron chi connectivity index (χ0n) is 14.7. The number of benzene rings is 1. The van der Waals surface area contributed by atoms with Gasteiger partial charge in [-0.2, -0.15) is 0 Å². The number of aromatic nitrogens is 2. The SMILES string of the molecule is Cc1nnc(COC(=O)c2ccc(N3CCC[C@H](C)C3)c([N+](=O)[O-])c2)o1. The van der Waals surface area contributed by atoms with Crippen molar-refractivity contribution >= 4 is 17.3 Å². The molecule has 0 amide bonds. The highest BCUT2D eigenvalue weighted by Gasteiger charge is 2.25. The van der Waals surface area contributed by atoms with Gasteiger partial charge in [0, 0.05) is 26.1 Å². The molecule has 0 spiro atoms. The molecule has 0 N–H and O–H groups in total. The van der Waals surface area contributed by atoms with E-state index in [1.54, 1.807) is 19.1 Å². The lowest BCUT2D eigenvalue weighted by molar-refractivity contribution is -0.384. The van der Waals surface area contributed by atoms with Crippen LogP contribution in [0.15, 0.2) is 22.6 Å². The number of piperidine rings is 1. The fraction of sp³-hybridized carbons (Fsp3) is 0.471. The number of rotatable bonds is 5. The summed E-state index contributed by atoms with van der Waals surface area (Å²) in [5.74, 6) is 0.337. The van der Waals surface area contributed by atoms with Gasteiger partial charge < -0.3 is 14.1 Å². The number of carbonyl (C=O) groups is 1. The average molecular weight is 360 g/mol. The molecule has 0 aliphatic carbocycles. The zero-order chi connectivity index (χ0) is 18.7. The molecule has 1 atom stereocenters. The molecule has 0 bridgehead atoms. The predicted molar refractivity (Wildman–Crippen MR) is 91.9 cm³/mol. The number of anilines is 1. The van der Waals surface area contributed by atoms with Crippen LogP contribution in [0.3, 0.4) is 0 Å². The monoisotopic (exact) mass is 360 g/mol. The van der Waals surface area contributed by atoms with Gasteiger partial charge in [-0.25, -0.2) is 4.79 Å². The van der Waals surface area contributed by atoms with Gasteiger partial charge in [-0.05, 0) is 30.9 Å². The molecule has 0 unspecified atom stereocenters. The average Bonchev–Trinajstić information content (AvgIpc) is 3.04. The Hall–Kier alpha value is -2.97. The minimum atomic E-state index is -0.678. The van der Waals surface area contributed by atoms with E-state index in [0.717, 1.165) is 25.9 Å². The van der Waals surface area contributed by atoms with Crippen LogP contribution in [0, 0.1) is 23.0 Å². The molecular weight excluding hydrogens is 340 g/mol. The van der Waals surface area contributed by atoms with Crippen molar-refractivity contribution in [2.75, 3.05) is 18.0 Å². The topological polar surface area (TPSA) is 112 Å². The molecule has 9 nitrogen and oxygen atoms in total. The highest BCUT2D eigenvalue weighted by molar-refractivity contribution is 5.91. The summed E-state index contributed by atoms with van der Waals surface area (Å²) in [5.41, 5.74) is 0.551. The summed E-state index contributed by atoms with van der Waals surface area (Å²) in [5, 5.41) is 18.9. The first-order valence-corrected chi connectivity index (χ1v) is 8.43. The second kappa shape index (κ2) is 7.51. The Bertz CT molecular complexity index is 819. The molecule has 3 rings (SSSR count). The molecule has 26 heavy (non-hydrogen) atoms. The van der Waals surface area contributed by atoms with Crippen molar-refractivity contribution in [3.8, 4) is 0 Å². The Morgan fingerprint density at radius 1 is 1.46 bits per heavy atom. The van der Waals surface area contributed by atoms with Crippen LogP contribution in [0.4, 0.5) is 11.4 Å². The number of ether oxygens (including phenoxy) is 1. The van der Waals surface area contributed by atoms with E-state index in [-0.39, 0.29) is 23.7 Å². The minimum Gasteiger partial charge on any atom is -0.452 e. The molecule has 1 aliphatic heterocycles. The van der Waals surface area contributed by atoms with Gasteiger partial charge >= 0.3 is 5.97 Å². The molecule has 1 fully saturated rings. The molecule has 1 aromatic carbocycles. The summed E-state index contributed by atoms with van der Waals surface area (Å²) < 4.78 is 10.2. The Kier molecular flexibility index (Phi) is 5.15. The van der Waals surface area contributed by atoms with E-state index in [1.165, 1.54) is 6.07 Å². The van der Waals surface area contributed by atoms with Gasteiger partial charge in [0.2, 0.25) is 5.89 Å². The van der Waals surface area contributed by atoms with Crippen LogP contribution < -0.4 is 4.90 Å². The van der Waals surface area contributed by atoms with Gasteiger partial charge in [-0.1, -0.05) is 6.92 Å². The van der Waals surface area contributed by atoms with Crippen LogP contribution in [0.25, 0.3) is 0 Å². The van der Waals surface area contributed by atoms with Crippen molar-refractivity contribution in [1.82, 2.24) is 10.2 Å². The molecule has 0 radical (unpaired) electrons. The molecule has 2 heterocycles. The van der Waals surface area contributed by atoms with Crippen molar-refractivity contribution in [2.45, 2.75) is 33.3 Å². The fourth-order valence-corrected chi connectivity index (χ4v) is 3.08. The van der Waals surface area contributed by atoms with Crippen molar-refractivity contribution in [3.63, 3.8) is 0 Å². The van der Waals surface area contributed by atoms with Gasteiger partial charge in [0.15, 0.2) is 6.61 Å². The maximum atomic E-state index is 12.2. The van der Waals surface area contributed by atoms with Crippen molar-refractivity contribution < 1.29 is 18.9 Å². The standard InChI is InChI=1S/C17H20N4O5/c1-11-4-3-7-20(9-11)14-6-5-13(8-15(14)21(23)24)17(22)25-10-16-19-18-12(2)26-16/h5-6,8,11H,3-4,7,9-10H2,1-2H3/t11-/m0/s1. The van der Waals surface area contributed by atoms with E-state index < -0.39 is 10.9 Å². The van der Waals surface area contributed by atoms with Crippen LogP contribution in [-0.2, 0) is 11.3 Å². The molecule has 0 saturated carbocycles. The minimum absolute atomic E-state index is 0.0952. The summed E-state index contributed by atoms with van der Waals surface area (Å²) in [6.07, 6.45) is 2.11. The lowest BCUT2D eigenvalue weighted by Crippen LogP contribution is -2.34. The number of aryl methyl sites for hydroxylation is 1. The summed E-state index contributed by atoms with van der Waals surface area (Å²) in [4.78, 5) is 25.2. The number of nitro groups is 1. The first-order chi connectivity index (χ1) is 12.4. The summed E-state index contributed by atoms with van der Waals surface area (Å²) in [6, 6.07) is 4.42. The molecule has 9 heteroatoms. The first kappa shape index (κ1) is 17.8. The molecule has 138 valence electrons. The van der Waals surface area contributed by atoms with Gasteiger partial charge in [0.05, 0.1) is 10.5 Å². The highest BCUT2D eigenvalue weighted by atomic mass is 16.6. The first-order valence-electron chi connectivity index (χ1n) is 8.43. The molecule has 1 aliphatic rings. The van der Waals surface area contributed by atoms with Gasteiger partial charge in [0.1, 0.15) is 5.69 Å². The maximum absolute atomic E-state index is 12.2. The number of carbonyl (C=O) groups excluding carboxylic acids is 1. The Balaban J connectivity index is 1.77. The Labute approximate surface area is 150 Å². The number of hydrogen-bond donors (Lipinski definition) is 0. The molecule has 1 aromatic heterocycles. The van der Waals surface area contributed by atoms with Gasteiger partial charge in [-0.3, -0.25) is 10.1 Å². The van der Waals surface area contributed by atoms with E-state index in [2.05, 4.69) is 17.1 Å². The van der Waals surface area contributed by atoms with E-state index in [1.807, 2.05) is 4.90 Å². The number of hydrogen-bond acceptors (Lipinski definition) is 8. The van der Waals surface area contributed by atoms with Crippen LogP contribution in [0.2, 0.25) is 0 Å². The van der Waals surface area contributed by atoms with E-state index in [0.29, 0.717) is 17.5 Å². The van der Waals surface area contributed by atoms with Crippen LogP contribution in [-0.4, -0.2) is 34.2 Å². The van der Waals surface area contributed by atoms with Gasteiger partial charge in [0.25, 0.3) is 11.6 Å².